The van der Waals surface area contributed by atoms with Crippen molar-refractivity contribution in [3.63, 3.8) is 0 Å². The Labute approximate surface area is 230 Å². The summed E-state index contributed by atoms with van der Waals surface area (Å²) >= 11 is 13.3. The Bertz CT molecular complexity index is 1310. The van der Waals surface area contributed by atoms with Crippen molar-refractivity contribution in [2.45, 2.75) is 44.4 Å². The minimum atomic E-state index is -0.549. The topological polar surface area (TPSA) is 84.5 Å². The molecule has 0 atom stereocenters. The minimum absolute atomic E-state index is 0.0391. The molecule has 2 N–H and O–H groups in total. The molecule has 3 aliphatic rings. The molecule has 0 radical (unpaired) electrons. The maximum absolute atomic E-state index is 13.2. The van der Waals surface area contributed by atoms with Crippen molar-refractivity contribution in [3.8, 4) is 5.75 Å². The molecule has 9 heteroatoms. The van der Waals surface area contributed by atoms with E-state index in [0.29, 0.717) is 50.5 Å². The SMILES string of the molecule is O=C(COc1c(Br)cc(Br)cc1C1C2=C(CCCC2=O)NC2=C1C(=O)CCC2)Nc1ccccc1Cl. The first kappa shape index (κ1) is 25.2. The number of dihydropyridines is 1. The van der Waals surface area contributed by atoms with Gasteiger partial charge in [-0.15, -0.1) is 0 Å². The summed E-state index contributed by atoms with van der Waals surface area (Å²) in [5.74, 6) is -0.423. The third kappa shape index (κ3) is 4.91. The number of ether oxygens (including phenoxy) is 1. The molecule has 0 fully saturated rings. The lowest BCUT2D eigenvalue weighted by Crippen LogP contribution is -2.36. The van der Waals surface area contributed by atoms with E-state index in [1.807, 2.05) is 12.1 Å². The number of nitrogens with one attached hydrogen (secondary N) is 2. The number of hydrogen-bond acceptors (Lipinski definition) is 5. The smallest absolute Gasteiger partial charge is 0.262 e. The van der Waals surface area contributed by atoms with Gasteiger partial charge in [-0.3, -0.25) is 14.4 Å². The molecular weight excluding hydrogens is 612 g/mol. The molecular formula is C27H23Br2ClN2O4. The van der Waals surface area contributed by atoms with Gasteiger partial charge in [0.1, 0.15) is 5.75 Å². The molecule has 0 saturated carbocycles. The summed E-state index contributed by atoms with van der Waals surface area (Å²) in [6.45, 7) is -0.275. The number of hydrogen-bond donors (Lipinski definition) is 2. The average molecular weight is 635 g/mol. The molecule has 0 aromatic heterocycles. The van der Waals surface area contributed by atoms with Crippen LogP contribution in [-0.4, -0.2) is 24.1 Å². The van der Waals surface area contributed by atoms with Gasteiger partial charge in [-0.1, -0.05) is 39.7 Å². The molecule has 1 aliphatic heterocycles. The first-order valence-corrected chi connectivity index (χ1v) is 13.8. The third-order valence-corrected chi connectivity index (χ3v) is 8.01. The monoisotopic (exact) mass is 632 g/mol. The van der Waals surface area contributed by atoms with Gasteiger partial charge in [-0.25, -0.2) is 0 Å². The zero-order valence-electron chi connectivity index (χ0n) is 19.3. The van der Waals surface area contributed by atoms with E-state index in [2.05, 4.69) is 42.5 Å². The number of carbonyl (C=O) groups excluding carboxylic acids is 3. The van der Waals surface area contributed by atoms with Crippen LogP contribution in [0.1, 0.15) is 50.0 Å². The van der Waals surface area contributed by atoms with Crippen molar-refractivity contribution in [2.75, 3.05) is 11.9 Å². The zero-order chi connectivity index (χ0) is 25.4. The first-order chi connectivity index (χ1) is 17.3. The molecule has 2 aromatic carbocycles. The summed E-state index contributed by atoms with van der Waals surface area (Å²) in [4.78, 5) is 39.1. The number of benzene rings is 2. The Hall–Kier alpha value is -2.42. The highest BCUT2D eigenvalue weighted by Gasteiger charge is 2.41. The number of Topliss-reactive ketones (excluding diaryl/α,β-unsaturated/α-hetero) is 2. The van der Waals surface area contributed by atoms with E-state index in [4.69, 9.17) is 16.3 Å². The van der Waals surface area contributed by atoms with E-state index < -0.39 is 5.92 Å². The van der Waals surface area contributed by atoms with Crippen LogP contribution in [0, 0.1) is 0 Å². The fraction of sp³-hybridized carbons (Fsp3) is 0.296. The summed E-state index contributed by atoms with van der Waals surface area (Å²) < 4.78 is 7.46. The normalized spacial score (nSPS) is 18.0. The highest BCUT2D eigenvalue weighted by atomic mass is 79.9. The molecule has 0 bridgehead atoms. The lowest BCUT2D eigenvalue weighted by Gasteiger charge is -2.37. The molecule has 2 aromatic rings. The van der Waals surface area contributed by atoms with Gasteiger partial charge in [0.15, 0.2) is 18.2 Å². The predicted molar refractivity (Wildman–Crippen MR) is 145 cm³/mol. The Morgan fingerprint density at radius 2 is 1.64 bits per heavy atom. The van der Waals surface area contributed by atoms with E-state index in [-0.39, 0.29) is 24.1 Å². The van der Waals surface area contributed by atoms with Crippen LogP contribution in [0.5, 0.6) is 5.75 Å². The molecule has 5 rings (SSSR count). The molecule has 0 saturated heterocycles. The van der Waals surface area contributed by atoms with Crippen LogP contribution in [0.15, 0.2) is 67.9 Å². The van der Waals surface area contributed by atoms with Crippen LogP contribution in [-0.2, 0) is 14.4 Å². The van der Waals surface area contributed by atoms with Gasteiger partial charge in [-0.05, 0) is 65.9 Å². The van der Waals surface area contributed by atoms with Crippen molar-refractivity contribution in [3.05, 3.63) is 78.5 Å². The summed E-state index contributed by atoms with van der Waals surface area (Å²) in [5, 5.41) is 6.61. The molecule has 0 unspecified atom stereocenters. The summed E-state index contributed by atoms with van der Waals surface area (Å²) in [6, 6.07) is 10.7. The number of amides is 1. The van der Waals surface area contributed by atoms with Gasteiger partial charge in [0.2, 0.25) is 0 Å². The van der Waals surface area contributed by atoms with Crippen LogP contribution >= 0.6 is 43.5 Å². The third-order valence-electron chi connectivity index (χ3n) is 6.64. The number of halogens is 3. The molecule has 1 heterocycles. The second-order valence-corrected chi connectivity index (χ2v) is 11.2. The van der Waals surface area contributed by atoms with E-state index in [9.17, 15) is 14.4 Å². The Morgan fingerprint density at radius 3 is 2.28 bits per heavy atom. The van der Waals surface area contributed by atoms with Crippen molar-refractivity contribution < 1.29 is 19.1 Å². The summed E-state index contributed by atoms with van der Waals surface area (Å²) in [6.07, 6.45) is 3.96. The van der Waals surface area contributed by atoms with Gasteiger partial charge >= 0.3 is 0 Å². The predicted octanol–water partition coefficient (Wildman–Crippen LogP) is 6.58. The Kier molecular flexibility index (Phi) is 7.37. The summed E-state index contributed by atoms with van der Waals surface area (Å²) in [5.41, 5.74) is 4.21. The van der Waals surface area contributed by atoms with Crippen molar-refractivity contribution in [1.82, 2.24) is 5.32 Å². The Balaban J connectivity index is 1.53. The zero-order valence-corrected chi connectivity index (χ0v) is 23.2. The number of para-hydroxylation sites is 1. The molecule has 2 aliphatic carbocycles. The molecule has 1 amide bonds. The van der Waals surface area contributed by atoms with E-state index in [1.54, 1.807) is 24.3 Å². The number of anilines is 1. The molecule has 186 valence electrons. The number of rotatable bonds is 5. The van der Waals surface area contributed by atoms with Crippen LogP contribution in [0.25, 0.3) is 0 Å². The standard InChI is InChI=1S/C27H23Br2ClN2O4/c28-14-11-15(27(16(29)12-14)36-13-23(35)32-18-6-2-1-5-17(18)30)24-25-19(7-3-9-21(25)33)31-20-8-4-10-22(34)26(20)24/h1-2,5-6,11-12,24,31H,3-4,7-10,13H2,(H,32,35). The van der Waals surface area contributed by atoms with Crippen molar-refractivity contribution in [2.24, 2.45) is 0 Å². The van der Waals surface area contributed by atoms with E-state index in [1.165, 1.54) is 0 Å². The quantitative estimate of drug-likeness (QED) is 0.388. The van der Waals surface area contributed by atoms with Crippen LogP contribution in [0.4, 0.5) is 5.69 Å². The maximum Gasteiger partial charge on any atom is 0.262 e. The van der Waals surface area contributed by atoms with E-state index in [0.717, 1.165) is 41.6 Å². The van der Waals surface area contributed by atoms with E-state index >= 15 is 0 Å². The Morgan fingerprint density at radius 1 is 1.00 bits per heavy atom. The van der Waals surface area contributed by atoms with Gasteiger partial charge in [0.25, 0.3) is 5.91 Å². The van der Waals surface area contributed by atoms with Gasteiger partial charge in [0, 0.05) is 51.3 Å². The highest BCUT2D eigenvalue weighted by molar-refractivity contribution is 9.11. The van der Waals surface area contributed by atoms with Crippen LogP contribution < -0.4 is 15.4 Å². The highest BCUT2D eigenvalue weighted by Crippen LogP contribution is 2.49. The van der Waals surface area contributed by atoms with Crippen LogP contribution in [0.2, 0.25) is 5.02 Å². The molecule has 6 nitrogen and oxygen atoms in total. The lowest BCUT2D eigenvalue weighted by atomic mass is 9.71. The first-order valence-electron chi connectivity index (χ1n) is 11.8. The van der Waals surface area contributed by atoms with Gasteiger partial charge in [0.05, 0.1) is 15.2 Å². The van der Waals surface area contributed by atoms with Gasteiger partial charge < -0.3 is 15.4 Å². The average Bonchev–Trinajstić information content (AvgIpc) is 2.83. The number of ketones is 2. The molecule has 0 spiro atoms. The molecule has 36 heavy (non-hydrogen) atoms. The second kappa shape index (κ2) is 10.5. The van der Waals surface area contributed by atoms with Crippen LogP contribution in [0.3, 0.4) is 0 Å². The fourth-order valence-electron chi connectivity index (χ4n) is 5.13. The van der Waals surface area contributed by atoms with Crippen molar-refractivity contribution in [1.29, 1.82) is 0 Å². The van der Waals surface area contributed by atoms with Crippen molar-refractivity contribution >= 4 is 66.6 Å². The lowest BCUT2D eigenvalue weighted by molar-refractivity contribution is -0.119. The number of carbonyl (C=O) groups is 3. The van der Waals surface area contributed by atoms with Gasteiger partial charge in [-0.2, -0.15) is 0 Å². The maximum atomic E-state index is 13.2. The largest absolute Gasteiger partial charge is 0.482 e. The summed E-state index contributed by atoms with van der Waals surface area (Å²) in [7, 11) is 0. The fourth-order valence-corrected chi connectivity index (χ4v) is 6.68. The minimum Gasteiger partial charge on any atom is -0.482 e. The number of allylic oxidation sites excluding steroid dienone is 4. The second-order valence-electron chi connectivity index (χ2n) is 9.02.